The van der Waals surface area contributed by atoms with Crippen LogP contribution in [0.5, 0.6) is 5.75 Å². The first-order valence-corrected chi connectivity index (χ1v) is 9.36. The van der Waals surface area contributed by atoms with Crippen molar-refractivity contribution in [2.24, 2.45) is 4.99 Å². The summed E-state index contributed by atoms with van der Waals surface area (Å²) in [5.74, 6) is 1.18. The second-order valence-electron chi connectivity index (χ2n) is 6.47. The molecule has 0 saturated heterocycles. The number of hydrogen-bond donors (Lipinski definition) is 3. The van der Waals surface area contributed by atoms with E-state index in [1.165, 1.54) is 17.2 Å². The lowest BCUT2D eigenvalue weighted by Crippen LogP contribution is -2.38. The number of nitrogens with zero attached hydrogens (tertiary/aromatic N) is 1. The molecular formula is C21H27FIN3O2. The highest BCUT2D eigenvalue weighted by Crippen LogP contribution is 2.25. The van der Waals surface area contributed by atoms with Crippen LogP contribution in [-0.2, 0) is 12.8 Å². The largest absolute Gasteiger partial charge is 0.493 e. The monoisotopic (exact) mass is 499 g/mol. The molecule has 0 aromatic heterocycles. The third-order valence-corrected chi connectivity index (χ3v) is 4.49. The second kappa shape index (κ2) is 11.2. The summed E-state index contributed by atoms with van der Waals surface area (Å²) in [5.41, 5.74) is 2.77. The van der Waals surface area contributed by atoms with Crippen LogP contribution >= 0.6 is 24.0 Å². The van der Waals surface area contributed by atoms with E-state index >= 15 is 0 Å². The number of aliphatic hydroxyl groups excluding tert-OH is 1. The molecule has 1 unspecified atom stereocenters. The molecule has 1 heterocycles. The minimum Gasteiger partial charge on any atom is -0.493 e. The Balaban J connectivity index is 0.00000280. The number of aliphatic hydroxyl groups is 1. The molecule has 2 aromatic rings. The van der Waals surface area contributed by atoms with Crippen molar-refractivity contribution in [3.63, 3.8) is 0 Å². The molecule has 1 aliphatic rings. The smallest absolute Gasteiger partial charge is 0.191 e. The van der Waals surface area contributed by atoms with Gasteiger partial charge in [0, 0.05) is 25.1 Å². The number of halogens is 2. The van der Waals surface area contributed by atoms with Gasteiger partial charge in [0.1, 0.15) is 17.7 Å². The number of fused-ring (bicyclic) bond motifs is 1. The van der Waals surface area contributed by atoms with Crippen molar-refractivity contribution in [3.05, 3.63) is 65.0 Å². The fourth-order valence-corrected chi connectivity index (χ4v) is 3.08. The number of aliphatic imine (C=N–C) groups is 1. The van der Waals surface area contributed by atoms with Gasteiger partial charge < -0.3 is 20.5 Å². The highest BCUT2D eigenvalue weighted by molar-refractivity contribution is 14.0. The van der Waals surface area contributed by atoms with Crippen LogP contribution in [0.15, 0.2) is 47.5 Å². The molecule has 0 bridgehead atoms. The summed E-state index contributed by atoms with van der Waals surface area (Å²) in [6.45, 7) is 4.25. The number of rotatable bonds is 7. The first-order chi connectivity index (χ1) is 13.2. The lowest BCUT2D eigenvalue weighted by Gasteiger charge is -2.14. The van der Waals surface area contributed by atoms with E-state index < -0.39 is 11.9 Å². The minimum absolute atomic E-state index is 0. The van der Waals surface area contributed by atoms with Gasteiger partial charge >= 0.3 is 0 Å². The Hall–Kier alpha value is -1.87. The maximum Gasteiger partial charge on any atom is 0.191 e. The summed E-state index contributed by atoms with van der Waals surface area (Å²) < 4.78 is 19.3. The van der Waals surface area contributed by atoms with Gasteiger partial charge in [-0.3, -0.25) is 4.99 Å². The highest BCUT2D eigenvalue weighted by Gasteiger charge is 2.13. The van der Waals surface area contributed by atoms with Crippen LogP contribution in [0.3, 0.4) is 0 Å². The quantitative estimate of drug-likeness (QED) is 0.311. The molecular weight excluding hydrogens is 472 g/mol. The lowest BCUT2D eigenvalue weighted by atomic mass is 10.1. The van der Waals surface area contributed by atoms with Crippen molar-refractivity contribution in [3.8, 4) is 5.75 Å². The van der Waals surface area contributed by atoms with E-state index in [2.05, 4.69) is 27.8 Å². The number of guanidine groups is 1. The van der Waals surface area contributed by atoms with Crippen molar-refractivity contribution in [1.82, 2.24) is 10.6 Å². The van der Waals surface area contributed by atoms with Crippen molar-refractivity contribution in [1.29, 1.82) is 0 Å². The SMILES string of the molecule is CCNC(=NCC(O)c1ccccc1F)NCCc1ccc2c(c1)CCO2.I. The van der Waals surface area contributed by atoms with E-state index in [4.69, 9.17) is 4.74 Å². The molecule has 1 atom stereocenters. The Bertz CT molecular complexity index is 801. The topological polar surface area (TPSA) is 65.9 Å². The van der Waals surface area contributed by atoms with Crippen LogP contribution in [-0.4, -0.2) is 37.3 Å². The first kappa shape index (κ1) is 22.4. The van der Waals surface area contributed by atoms with Crippen molar-refractivity contribution in [2.45, 2.75) is 25.9 Å². The number of ether oxygens (including phenoxy) is 1. The zero-order valence-electron chi connectivity index (χ0n) is 16.0. The predicted molar refractivity (Wildman–Crippen MR) is 120 cm³/mol. The summed E-state index contributed by atoms with van der Waals surface area (Å²) in [7, 11) is 0. The van der Waals surface area contributed by atoms with E-state index in [0.717, 1.165) is 25.2 Å². The van der Waals surface area contributed by atoms with Crippen LogP contribution in [0.25, 0.3) is 0 Å². The Morgan fingerprint density at radius 1 is 1.25 bits per heavy atom. The molecule has 28 heavy (non-hydrogen) atoms. The molecule has 1 aliphatic heterocycles. The zero-order chi connectivity index (χ0) is 19.1. The standard InChI is InChI=1S/C21H26FN3O2.HI/c1-2-23-21(25-14-19(26)17-5-3-4-6-18(17)22)24-11-9-15-7-8-20-16(13-15)10-12-27-20;/h3-8,13,19,26H,2,9-12,14H2,1H3,(H2,23,24,25);1H. The minimum atomic E-state index is -0.974. The summed E-state index contributed by atoms with van der Waals surface area (Å²) >= 11 is 0. The molecule has 2 aromatic carbocycles. The van der Waals surface area contributed by atoms with Crippen LogP contribution in [0.1, 0.15) is 29.7 Å². The van der Waals surface area contributed by atoms with Crippen LogP contribution < -0.4 is 15.4 Å². The fourth-order valence-electron chi connectivity index (χ4n) is 3.08. The molecule has 3 rings (SSSR count). The van der Waals surface area contributed by atoms with E-state index in [1.807, 2.05) is 13.0 Å². The average molecular weight is 499 g/mol. The number of hydrogen-bond acceptors (Lipinski definition) is 3. The van der Waals surface area contributed by atoms with E-state index in [9.17, 15) is 9.50 Å². The molecule has 7 heteroatoms. The Morgan fingerprint density at radius 3 is 2.86 bits per heavy atom. The van der Waals surface area contributed by atoms with Crippen LogP contribution in [0, 0.1) is 5.82 Å². The number of benzene rings is 2. The van der Waals surface area contributed by atoms with Gasteiger partial charge in [0.05, 0.1) is 13.2 Å². The van der Waals surface area contributed by atoms with Gasteiger partial charge in [-0.05, 0) is 36.6 Å². The van der Waals surface area contributed by atoms with Crippen molar-refractivity contribution >= 4 is 29.9 Å². The summed E-state index contributed by atoms with van der Waals surface area (Å²) in [6, 6.07) is 12.5. The highest BCUT2D eigenvalue weighted by atomic mass is 127. The molecule has 0 aliphatic carbocycles. The normalized spacial score (nSPS) is 13.9. The third-order valence-electron chi connectivity index (χ3n) is 4.49. The molecule has 0 radical (unpaired) electrons. The Kier molecular flexibility index (Phi) is 8.98. The molecule has 152 valence electrons. The van der Waals surface area contributed by atoms with Crippen LogP contribution in [0.2, 0.25) is 0 Å². The molecule has 0 amide bonds. The predicted octanol–water partition coefficient (Wildman–Crippen LogP) is 3.21. The second-order valence-corrected chi connectivity index (χ2v) is 6.47. The van der Waals surface area contributed by atoms with Gasteiger partial charge in [-0.15, -0.1) is 24.0 Å². The number of nitrogens with one attached hydrogen (secondary N) is 2. The van der Waals surface area contributed by atoms with Crippen molar-refractivity contribution < 1.29 is 14.2 Å². The molecule has 3 N–H and O–H groups in total. The Morgan fingerprint density at radius 2 is 2.07 bits per heavy atom. The zero-order valence-corrected chi connectivity index (χ0v) is 18.3. The third kappa shape index (κ3) is 6.07. The van der Waals surface area contributed by atoms with E-state index in [0.29, 0.717) is 19.0 Å². The maximum absolute atomic E-state index is 13.7. The fraction of sp³-hybridized carbons (Fsp3) is 0.381. The molecule has 0 spiro atoms. The van der Waals surface area contributed by atoms with Gasteiger partial charge in [0.25, 0.3) is 0 Å². The Labute approximate surface area is 182 Å². The van der Waals surface area contributed by atoms with E-state index in [-0.39, 0.29) is 36.1 Å². The molecule has 0 fully saturated rings. The molecule has 0 saturated carbocycles. The van der Waals surface area contributed by atoms with E-state index in [1.54, 1.807) is 18.2 Å². The maximum atomic E-state index is 13.7. The summed E-state index contributed by atoms with van der Waals surface area (Å²) in [6.07, 6.45) is 0.848. The van der Waals surface area contributed by atoms with Gasteiger partial charge in [0.15, 0.2) is 5.96 Å². The summed E-state index contributed by atoms with van der Waals surface area (Å²) in [5, 5.41) is 16.6. The molecule has 5 nitrogen and oxygen atoms in total. The lowest BCUT2D eigenvalue weighted by molar-refractivity contribution is 0.182. The van der Waals surface area contributed by atoms with Gasteiger partial charge in [-0.2, -0.15) is 0 Å². The van der Waals surface area contributed by atoms with Gasteiger partial charge in [-0.25, -0.2) is 4.39 Å². The first-order valence-electron chi connectivity index (χ1n) is 9.36. The summed E-state index contributed by atoms with van der Waals surface area (Å²) in [4.78, 5) is 4.38. The van der Waals surface area contributed by atoms with Gasteiger partial charge in [-0.1, -0.05) is 30.3 Å². The van der Waals surface area contributed by atoms with Gasteiger partial charge in [0.2, 0.25) is 0 Å². The van der Waals surface area contributed by atoms with Crippen LogP contribution in [0.4, 0.5) is 4.39 Å². The average Bonchev–Trinajstić information content (AvgIpc) is 3.14. The van der Waals surface area contributed by atoms with Crippen molar-refractivity contribution in [2.75, 3.05) is 26.2 Å².